The first-order valence-electron chi connectivity index (χ1n) is 9.08. The van der Waals surface area contributed by atoms with Gasteiger partial charge in [0.2, 0.25) is 0 Å². The zero-order chi connectivity index (χ0) is 17.6. The van der Waals surface area contributed by atoms with Gasteiger partial charge in [0, 0.05) is 23.2 Å². The molecule has 1 aromatic carbocycles. The molecule has 1 aliphatic rings. The van der Waals surface area contributed by atoms with Crippen LogP contribution in [-0.2, 0) is 0 Å². The second kappa shape index (κ2) is 8.25. The predicted molar refractivity (Wildman–Crippen MR) is 96.8 cm³/mol. The summed E-state index contributed by atoms with van der Waals surface area (Å²) in [4.78, 5) is 4.25. The van der Waals surface area contributed by atoms with Crippen LogP contribution in [0.2, 0.25) is 0 Å². The molecule has 0 N–H and O–H groups in total. The fraction of sp³-hybridized carbons (Fsp3) is 0.409. The molecular formula is C22H23F2N. The van der Waals surface area contributed by atoms with Crippen LogP contribution in [0.4, 0.5) is 8.78 Å². The molecule has 3 heteroatoms. The van der Waals surface area contributed by atoms with E-state index in [1.54, 1.807) is 6.20 Å². The van der Waals surface area contributed by atoms with Crippen molar-refractivity contribution in [2.45, 2.75) is 45.4 Å². The summed E-state index contributed by atoms with van der Waals surface area (Å²) in [5.41, 5.74) is 2.03. The van der Waals surface area contributed by atoms with Crippen LogP contribution in [0.3, 0.4) is 0 Å². The van der Waals surface area contributed by atoms with E-state index < -0.39 is 11.6 Å². The molecular weight excluding hydrogens is 316 g/mol. The van der Waals surface area contributed by atoms with Gasteiger partial charge in [0.15, 0.2) is 11.6 Å². The molecule has 0 saturated heterocycles. The highest BCUT2D eigenvalue weighted by Gasteiger charge is 2.18. The van der Waals surface area contributed by atoms with Gasteiger partial charge in [0.25, 0.3) is 0 Å². The third kappa shape index (κ3) is 4.66. The SMILES string of the molecule is CCC[C@H]1CC[C@H](C#Cc2ccnc(-c3ccc(F)c(F)c3)c2)CC1. The van der Waals surface area contributed by atoms with Gasteiger partial charge >= 0.3 is 0 Å². The molecule has 0 amide bonds. The van der Waals surface area contributed by atoms with Crippen molar-refractivity contribution in [3.8, 4) is 23.1 Å². The van der Waals surface area contributed by atoms with Gasteiger partial charge in [-0.3, -0.25) is 4.98 Å². The molecule has 1 fully saturated rings. The highest BCUT2D eigenvalue weighted by molar-refractivity contribution is 5.61. The number of nitrogens with zero attached hydrogens (tertiary/aromatic N) is 1. The summed E-state index contributed by atoms with van der Waals surface area (Å²) in [7, 11) is 0. The zero-order valence-corrected chi connectivity index (χ0v) is 14.6. The molecule has 3 rings (SSSR count). The van der Waals surface area contributed by atoms with Crippen LogP contribution in [-0.4, -0.2) is 4.98 Å². The van der Waals surface area contributed by atoms with Crippen LogP contribution >= 0.6 is 0 Å². The summed E-state index contributed by atoms with van der Waals surface area (Å²) in [6.45, 7) is 2.25. The molecule has 0 aliphatic heterocycles. The first-order chi connectivity index (χ1) is 12.2. The fourth-order valence-corrected chi connectivity index (χ4v) is 3.51. The number of halogens is 2. The van der Waals surface area contributed by atoms with Crippen LogP contribution in [0.5, 0.6) is 0 Å². The molecule has 25 heavy (non-hydrogen) atoms. The molecule has 2 aromatic rings. The Bertz CT molecular complexity index is 780. The van der Waals surface area contributed by atoms with Gasteiger partial charge < -0.3 is 0 Å². The lowest BCUT2D eigenvalue weighted by atomic mass is 9.80. The second-order valence-corrected chi connectivity index (χ2v) is 6.83. The number of pyridine rings is 1. The minimum Gasteiger partial charge on any atom is -0.256 e. The maximum Gasteiger partial charge on any atom is 0.159 e. The lowest BCUT2D eigenvalue weighted by Crippen LogP contribution is -2.13. The van der Waals surface area contributed by atoms with Crippen LogP contribution < -0.4 is 0 Å². The van der Waals surface area contributed by atoms with Crippen molar-refractivity contribution in [3.05, 3.63) is 53.7 Å². The van der Waals surface area contributed by atoms with Crippen LogP contribution in [0.1, 0.15) is 51.0 Å². The van der Waals surface area contributed by atoms with Crippen LogP contribution in [0.25, 0.3) is 11.3 Å². The van der Waals surface area contributed by atoms with E-state index in [0.29, 0.717) is 17.2 Å². The molecule has 0 spiro atoms. The monoisotopic (exact) mass is 339 g/mol. The largest absolute Gasteiger partial charge is 0.256 e. The van der Waals surface area contributed by atoms with Gasteiger partial charge in [-0.25, -0.2) is 8.78 Å². The molecule has 1 saturated carbocycles. The number of aromatic nitrogens is 1. The average Bonchev–Trinajstić information content (AvgIpc) is 2.64. The normalized spacial score (nSPS) is 20.0. The smallest absolute Gasteiger partial charge is 0.159 e. The van der Waals surface area contributed by atoms with Gasteiger partial charge in [0.1, 0.15) is 0 Å². The van der Waals surface area contributed by atoms with Gasteiger partial charge in [-0.2, -0.15) is 0 Å². The van der Waals surface area contributed by atoms with E-state index in [0.717, 1.165) is 17.5 Å². The third-order valence-corrected chi connectivity index (χ3v) is 4.94. The highest BCUT2D eigenvalue weighted by Crippen LogP contribution is 2.31. The molecule has 0 radical (unpaired) electrons. The molecule has 1 aliphatic carbocycles. The average molecular weight is 339 g/mol. The molecule has 0 atom stereocenters. The number of hydrogen-bond acceptors (Lipinski definition) is 1. The summed E-state index contributed by atoms with van der Waals surface area (Å²) < 4.78 is 26.5. The van der Waals surface area contributed by atoms with Crippen molar-refractivity contribution in [2.75, 3.05) is 0 Å². The lowest BCUT2D eigenvalue weighted by molar-refractivity contribution is 0.300. The van der Waals surface area contributed by atoms with Gasteiger partial charge in [-0.15, -0.1) is 0 Å². The van der Waals surface area contributed by atoms with Crippen molar-refractivity contribution in [2.24, 2.45) is 11.8 Å². The summed E-state index contributed by atoms with van der Waals surface area (Å²) in [5, 5.41) is 0. The van der Waals surface area contributed by atoms with Crippen LogP contribution in [0, 0.1) is 35.3 Å². The third-order valence-electron chi connectivity index (χ3n) is 4.94. The maximum atomic E-state index is 13.4. The number of benzene rings is 1. The van der Waals surface area contributed by atoms with Crippen molar-refractivity contribution in [3.63, 3.8) is 0 Å². The molecule has 1 aromatic heterocycles. The molecule has 1 nitrogen and oxygen atoms in total. The molecule has 0 unspecified atom stereocenters. The van der Waals surface area contributed by atoms with Gasteiger partial charge in [0.05, 0.1) is 5.69 Å². The van der Waals surface area contributed by atoms with E-state index >= 15 is 0 Å². The quantitative estimate of drug-likeness (QED) is 0.626. The summed E-state index contributed by atoms with van der Waals surface area (Å²) in [6, 6.07) is 7.53. The summed E-state index contributed by atoms with van der Waals surface area (Å²) >= 11 is 0. The maximum absolute atomic E-state index is 13.4. The lowest BCUT2D eigenvalue weighted by Gasteiger charge is -2.25. The second-order valence-electron chi connectivity index (χ2n) is 6.83. The Morgan fingerprint density at radius 2 is 1.84 bits per heavy atom. The minimum absolute atomic E-state index is 0.466. The van der Waals surface area contributed by atoms with E-state index in [1.807, 2.05) is 12.1 Å². The van der Waals surface area contributed by atoms with Crippen molar-refractivity contribution in [1.82, 2.24) is 4.98 Å². The Hall–Kier alpha value is -2.21. The highest BCUT2D eigenvalue weighted by atomic mass is 19.2. The standard InChI is InChI=1S/C22H23F2N/c1-2-3-16-4-6-17(7-5-16)8-9-18-12-13-25-22(14-18)19-10-11-20(23)21(24)15-19/h10-17H,2-7H2,1H3/t16-,17-. The Morgan fingerprint density at radius 3 is 2.56 bits per heavy atom. The molecule has 0 bridgehead atoms. The van der Waals surface area contributed by atoms with E-state index in [-0.39, 0.29) is 0 Å². The fourth-order valence-electron chi connectivity index (χ4n) is 3.51. The summed E-state index contributed by atoms with van der Waals surface area (Å²) in [6.07, 6.45) is 9.19. The molecule has 130 valence electrons. The summed E-state index contributed by atoms with van der Waals surface area (Å²) in [5.74, 6) is 6.26. The number of rotatable bonds is 3. The van der Waals surface area contributed by atoms with Crippen molar-refractivity contribution >= 4 is 0 Å². The van der Waals surface area contributed by atoms with E-state index in [9.17, 15) is 8.78 Å². The number of hydrogen-bond donors (Lipinski definition) is 0. The topological polar surface area (TPSA) is 12.9 Å². The Kier molecular flexibility index (Phi) is 5.81. The van der Waals surface area contributed by atoms with Gasteiger partial charge in [-0.1, -0.05) is 31.6 Å². The minimum atomic E-state index is -0.861. The Morgan fingerprint density at radius 1 is 1.04 bits per heavy atom. The van der Waals surface area contributed by atoms with E-state index in [2.05, 4.69) is 23.7 Å². The van der Waals surface area contributed by atoms with E-state index in [1.165, 1.54) is 50.7 Å². The first kappa shape index (κ1) is 17.6. The van der Waals surface area contributed by atoms with E-state index in [4.69, 9.17) is 0 Å². The first-order valence-corrected chi connectivity index (χ1v) is 9.08. The van der Waals surface area contributed by atoms with Crippen LogP contribution in [0.15, 0.2) is 36.5 Å². The van der Waals surface area contributed by atoms with Gasteiger partial charge in [-0.05, 0) is 61.9 Å². The Balaban J connectivity index is 1.70. The van der Waals surface area contributed by atoms with Crippen molar-refractivity contribution in [1.29, 1.82) is 0 Å². The Labute approximate surface area is 148 Å². The zero-order valence-electron chi connectivity index (χ0n) is 14.6. The predicted octanol–water partition coefficient (Wildman–Crippen LogP) is 5.98. The van der Waals surface area contributed by atoms with Crippen molar-refractivity contribution < 1.29 is 8.78 Å². The molecule has 1 heterocycles.